The molecule has 0 aromatic heterocycles. The first kappa shape index (κ1) is 18.0. The summed E-state index contributed by atoms with van der Waals surface area (Å²) in [6.45, 7) is 11.9. The van der Waals surface area contributed by atoms with Crippen molar-refractivity contribution in [1.29, 1.82) is 0 Å². The van der Waals surface area contributed by atoms with Crippen LogP contribution in [0.3, 0.4) is 0 Å². The van der Waals surface area contributed by atoms with E-state index in [1.165, 1.54) is 17.5 Å². The zero-order valence-corrected chi connectivity index (χ0v) is 14.9. The molecule has 3 N–H and O–H groups in total. The van der Waals surface area contributed by atoms with Gasteiger partial charge in [0.15, 0.2) is 0 Å². The van der Waals surface area contributed by atoms with Gasteiger partial charge in [0.25, 0.3) is 0 Å². The molecule has 1 saturated heterocycles. The predicted molar refractivity (Wildman–Crippen MR) is 94.8 cm³/mol. The van der Waals surface area contributed by atoms with Gasteiger partial charge in [-0.2, -0.15) is 0 Å². The van der Waals surface area contributed by atoms with Crippen LogP contribution in [0.4, 0.5) is 0 Å². The second-order valence-corrected chi connectivity index (χ2v) is 7.81. The smallest absolute Gasteiger partial charge is 0.239 e. The zero-order chi connectivity index (χ0) is 17.0. The third kappa shape index (κ3) is 5.33. The molecular weight excluding hydrogens is 286 g/mol. The van der Waals surface area contributed by atoms with E-state index in [0.717, 1.165) is 31.5 Å². The molecule has 0 aliphatic carbocycles. The number of rotatable bonds is 5. The van der Waals surface area contributed by atoms with E-state index in [1.807, 2.05) is 6.07 Å². The fraction of sp³-hybridized carbons (Fsp3) is 0.632. The Labute approximate surface area is 140 Å². The van der Waals surface area contributed by atoms with Crippen LogP contribution in [0.5, 0.6) is 0 Å². The molecule has 0 spiro atoms. The van der Waals surface area contributed by atoms with Crippen LogP contribution in [0.15, 0.2) is 24.3 Å². The minimum atomic E-state index is -0.841. The normalized spacial score (nSPS) is 22.8. The fourth-order valence-corrected chi connectivity index (χ4v) is 3.45. The minimum absolute atomic E-state index is 0.118. The molecular formula is C19H31N3O. The van der Waals surface area contributed by atoms with Crippen LogP contribution in [0.2, 0.25) is 0 Å². The highest BCUT2D eigenvalue weighted by atomic mass is 16.2. The maximum absolute atomic E-state index is 12.0. The molecule has 1 aromatic rings. The number of hydrogen-bond acceptors (Lipinski definition) is 3. The molecule has 4 heteroatoms. The van der Waals surface area contributed by atoms with Crippen molar-refractivity contribution in [1.82, 2.24) is 10.2 Å². The number of nitrogens with zero attached hydrogens (tertiary/aromatic N) is 1. The van der Waals surface area contributed by atoms with Gasteiger partial charge in [-0.25, -0.2) is 0 Å². The highest BCUT2D eigenvalue weighted by Crippen LogP contribution is 2.23. The van der Waals surface area contributed by atoms with E-state index < -0.39 is 5.54 Å². The number of hydrogen-bond donors (Lipinski definition) is 2. The summed E-state index contributed by atoms with van der Waals surface area (Å²) in [4.78, 5) is 14.5. The Hall–Kier alpha value is -1.39. The number of piperidine rings is 1. The lowest BCUT2D eigenvalue weighted by Crippen LogP contribution is -2.48. The first-order valence-electron chi connectivity index (χ1n) is 8.62. The van der Waals surface area contributed by atoms with Crippen molar-refractivity contribution in [3.63, 3.8) is 0 Å². The lowest BCUT2D eigenvalue weighted by atomic mass is 9.91. The highest BCUT2D eigenvalue weighted by molar-refractivity contribution is 5.85. The van der Waals surface area contributed by atoms with E-state index in [1.54, 1.807) is 13.8 Å². The predicted octanol–water partition coefficient (Wildman–Crippen LogP) is 2.52. The molecule has 0 bridgehead atoms. The number of amides is 1. The first-order chi connectivity index (χ1) is 10.8. The minimum Gasteiger partial charge on any atom is -0.350 e. The fourth-order valence-electron chi connectivity index (χ4n) is 3.45. The molecule has 2 atom stereocenters. The van der Waals surface area contributed by atoms with Crippen molar-refractivity contribution >= 4 is 5.91 Å². The number of benzene rings is 1. The quantitative estimate of drug-likeness (QED) is 0.877. The van der Waals surface area contributed by atoms with Crippen LogP contribution in [-0.2, 0) is 17.9 Å². The second-order valence-electron chi connectivity index (χ2n) is 7.81. The summed E-state index contributed by atoms with van der Waals surface area (Å²) in [6, 6.07) is 8.36. The van der Waals surface area contributed by atoms with Gasteiger partial charge in [0, 0.05) is 26.2 Å². The molecule has 4 nitrogen and oxygen atoms in total. The third-order valence-electron chi connectivity index (χ3n) is 4.48. The summed E-state index contributed by atoms with van der Waals surface area (Å²) in [5, 5.41) is 2.95. The summed E-state index contributed by atoms with van der Waals surface area (Å²) in [6.07, 6.45) is 1.32. The molecule has 1 heterocycles. The van der Waals surface area contributed by atoms with E-state index in [4.69, 9.17) is 5.73 Å². The zero-order valence-electron chi connectivity index (χ0n) is 14.9. The third-order valence-corrected chi connectivity index (χ3v) is 4.48. The van der Waals surface area contributed by atoms with Crippen LogP contribution in [-0.4, -0.2) is 29.4 Å². The molecule has 0 radical (unpaired) electrons. The summed E-state index contributed by atoms with van der Waals surface area (Å²) in [5.74, 6) is 1.39. The van der Waals surface area contributed by atoms with E-state index >= 15 is 0 Å². The Balaban J connectivity index is 2.01. The van der Waals surface area contributed by atoms with E-state index in [9.17, 15) is 4.79 Å². The number of nitrogens with two attached hydrogens (primary N) is 1. The van der Waals surface area contributed by atoms with Crippen molar-refractivity contribution in [3.8, 4) is 0 Å². The SMILES string of the molecule is CC1CC(C)CN(Cc2ccccc2CNC(=O)C(C)(C)N)C1. The Morgan fingerprint density at radius 2 is 1.78 bits per heavy atom. The Kier molecular flexibility index (Phi) is 5.82. The van der Waals surface area contributed by atoms with Gasteiger partial charge in [0.1, 0.15) is 0 Å². The molecule has 1 amide bonds. The van der Waals surface area contributed by atoms with Crippen LogP contribution < -0.4 is 11.1 Å². The van der Waals surface area contributed by atoms with Gasteiger partial charge < -0.3 is 11.1 Å². The largest absolute Gasteiger partial charge is 0.350 e. The molecule has 1 fully saturated rings. The number of likely N-dealkylation sites (tertiary alicyclic amines) is 1. The van der Waals surface area contributed by atoms with Gasteiger partial charge in [0.05, 0.1) is 5.54 Å². The summed E-state index contributed by atoms with van der Waals surface area (Å²) >= 11 is 0. The Bertz CT molecular complexity index is 526. The van der Waals surface area contributed by atoms with Gasteiger partial charge in [0.2, 0.25) is 5.91 Å². The lowest BCUT2D eigenvalue weighted by Gasteiger charge is -2.35. The van der Waals surface area contributed by atoms with Crippen molar-refractivity contribution < 1.29 is 4.79 Å². The van der Waals surface area contributed by atoms with Crippen LogP contribution >= 0.6 is 0 Å². The summed E-state index contributed by atoms with van der Waals surface area (Å²) < 4.78 is 0. The molecule has 128 valence electrons. The molecule has 1 aliphatic heterocycles. The van der Waals surface area contributed by atoms with Crippen LogP contribution in [0.25, 0.3) is 0 Å². The first-order valence-corrected chi connectivity index (χ1v) is 8.62. The second kappa shape index (κ2) is 7.45. The summed E-state index contributed by atoms with van der Waals surface area (Å²) in [5.41, 5.74) is 7.47. The number of carbonyl (C=O) groups is 1. The van der Waals surface area contributed by atoms with Crippen molar-refractivity contribution in [3.05, 3.63) is 35.4 Å². The van der Waals surface area contributed by atoms with Gasteiger partial charge in [-0.05, 0) is 43.2 Å². The monoisotopic (exact) mass is 317 g/mol. The lowest BCUT2D eigenvalue weighted by molar-refractivity contribution is -0.125. The molecule has 2 unspecified atom stereocenters. The molecule has 23 heavy (non-hydrogen) atoms. The van der Waals surface area contributed by atoms with Crippen molar-refractivity contribution in [2.45, 2.75) is 52.7 Å². The average molecular weight is 317 g/mol. The van der Waals surface area contributed by atoms with Gasteiger partial charge in [-0.3, -0.25) is 9.69 Å². The number of nitrogens with one attached hydrogen (secondary N) is 1. The molecule has 0 saturated carbocycles. The number of carbonyl (C=O) groups excluding carboxylic acids is 1. The van der Waals surface area contributed by atoms with Crippen LogP contribution in [0, 0.1) is 11.8 Å². The maximum Gasteiger partial charge on any atom is 0.239 e. The van der Waals surface area contributed by atoms with E-state index in [-0.39, 0.29) is 5.91 Å². The molecule has 2 rings (SSSR count). The van der Waals surface area contributed by atoms with E-state index in [2.05, 4.69) is 42.3 Å². The molecule has 1 aromatic carbocycles. The van der Waals surface area contributed by atoms with Gasteiger partial charge >= 0.3 is 0 Å². The van der Waals surface area contributed by atoms with Crippen LogP contribution in [0.1, 0.15) is 45.2 Å². The van der Waals surface area contributed by atoms with Gasteiger partial charge in [-0.15, -0.1) is 0 Å². The standard InChI is InChI=1S/C19H31N3O/c1-14-9-15(2)12-22(11-14)13-17-8-6-5-7-16(17)10-21-18(23)19(3,4)20/h5-8,14-15H,9-13,20H2,1-4H3,(H,21,23). The van der Waals surface area contributed by atoms with E-state index in [0.29, 0.717) is 6.54 Å². The van der Waals surface area contributed by atoms with Gasteiger partial charge in [-0.1, -0.05) is 38.1 Å². The topological polar surface area (TPSA) is 58.4 Å². The summed E-state index contributed by atoms with van der Waals surface area (Å²) in [7, 11) is 0. The maximum atomic E-state index is 12.0. The Morgan fingerprint density at radius 3 is 2.35 bits per heavy atom. The van der Waals surface area contributed by atoms with Crippen molar-refractivity contribution in [2.75, 3.05) is 13.1 Å². The van der Waals surface area contributed by atoms with Crippen molar-refractivity contribution in [2.24, 2.45) is 17.6 Å². The average Bonchev–Trinajstić information content (AvgIpc) is 2.44. The Morgan fingerprint density at radius 1 is 1.22 bits per heavy atom. The molecule has 1 aliphatic rings. The highest BCUT2D eigenvalue weighted by Gasteiger charge is 2.23.